The van der Waals surface area contributed by atoms with E-state index in [-0.39, 0.29) is 0 Å². The van der Waals surface area contributed by atoms with Crippen molar-refractivity contribution in [1.82, 2.24) is 0 Å². The van der Waals surface area contributed by atoms with Gasteiger partial charge in [-0.1, -0.05) is 17.7 Å². The van der Waals surface area contributed by atoms with Crippen LogP contribution in [0.3, 0.4) is 0 Å². The van der Waals surface area contributed by atoms with Crippen molar-refractivity contribution >= 4 is 17.3 Å². The molecule has 2 heteroatoms. The lowest BCUT2D eigenvalue weighted by Gasteiger charge is -2.19. The Morgan fingerprint density at radius 1 is 1.05 bits per heavy atom. The molecule has 0 amide bonds. The average Bonchev–Trinajstić information content (AvgIpc) is 2.42. The molecule has 1 heterocycles. The molecule has 1 aliphatic heterocycles. The normalized spacial score (nSPS) is 13.8. The molecule has 0 fully saturated rings. The average molecular weight is 272 g/mol. The third-order valence-electron chi connectivity index (χ3n) is 3.86. The molecule has 3 rings (SSSR count). The van der Waals surface area contributed by atoms with Gasteiger partial charge in [-0.05, 0) is 78.8 Å². The Kier molecular flexibility index (Phi) is 3.24. The van der Waals surface area contributed by atoms with E-state index in [1.807, 2.05) is 0 Å². The number of rotatable bonds is 1. The lowest BCUT2D eigenvalue weighted by molar-refractivity contribution is 0.830. The van der Waals surface area contributed by atoms with Crippen LogP contribution in [0.4, 0.5) is 5.69 Å². The predicted octanol–water partition coefficient (Wildman–Crippen LogP) is 4.98. The first-order valence-corrected chi connectivity index (χ1v) is 7.17. The molecule has 0 spiro atoms. The van der Waals surface area contributed by atoms with Gasteiger partial charge in [-0.15, -0.1) is 0 Å². The smallest absolute Gasteiger partial charge is 0.0438 e. The number of nitrogens with one attached hydrogen (secondary N) is 1. The van der Waals surface area contributed by atoms with E-state index in [4.69, 9.17) is 11.6 Å². The third-order valence-corrected chi connectivity index (χ3v) is 4.27. The Labute approximate surface area is 119 Å². The van der Waals surface area contributed by atoms with E-state index < -0.39 is 0 Å². The first-order chi connectivity index (χ1) is 9.15. The summed E-state index contributed by atoms with van der Waals surface area (Å²) in [5.41, 5.74) is 7.67. The summed E-state index contributed by atoms with van der Waals surface area (Å²) in [6.45, 7) is 5.27. The van der Waals surface area contributed by atoms with Gasteiger partial charge in [-0.3, -0.25) is 0 Å². The number of halogens is 1. The molecule has 1 N–H and O–H groups in total. The van der Waals surface area contributed by atoms with Crippen LogP contribution in [0.5, 0.6) is 0 Å². The van der Waals surface area contributed by atoms with Crippen LogP contribution in [0.15, 0.2) is 30.3 Å². The van der Waals surface area contributed by atoms with Crippen molar-refractivity contribution in [3.8, 4) is 11.1 Å². The van der Waals surface area contributed by atoms with Crippen LogP contribution >= 0.6 is 11.6 Å². The molecule has 19 heavy (non-hydrogen) atoms. The zero-order valence-corrected chi connectivity index (χ0v) is 12.1. The van der Waals surface area contributed by atoms with Gasteiger partial charge in [-0.25, -0.2) is 0 Å². The topological polar surface area (TPSA) is 12.0 Å². The van der Waals surface area contributed by atoms with Gasteiger partial charge in [0.15, 0.2) is 0 Å². The van der Waals surface area contributed by atoms with Gasteiger partial charge in [0.25, 0.3) is 0 Å². The van der Waals surface area contributed by atoms with Crippen LogP contribution in [0, 0.1) is 13.8 Å². The first kappa shape index (κ1) is 12.6. The number of hydrogen-bond donors (Lipinski definition) is 1. The highest BCUT2D eigenvalue weighted by atomic mass is 35.5. The first-order valence-electron chi connectivity index (χ1n) is 6.79. The Morgan fingerprint density at radius 3 is 2.74 bits per heavy atom. The summed E-state index contributed by atoms with van der Waals surface area (Å²) in [4.78, 5) is 0. The summed E-state index contributed by atoms with van der Waals surface area (Å²) in [5, 5.41) is 4.30. The molecule has 0 bridgehead atoms. The second-order valence-corrected chi connectivity index (χ2v) is 5.73. The van der Waals surface area contributed by atoms with Gasteiger partial charge in [0.2, 0.25) is 0 Å². The van der Waals surface area contributed by atoms with Crippen LogP contribution < -0.4 is 5.32 Å². The van der Waals surface area contributed by atoms with Crippen LogP contribution in [-0.4, -0.2) is 6.54 Å². The molecule has 2 aromatic rings. The molecule has 0 unspecified atom stereocenters. The number of hydrogen-bond acceptors (Lipinski definition) is 1. The lowest BCUT2D eigenvalue weighted by Crippen LogP contribution is -2.11. The Bertz CT molecular complexity index is 631. The second kappa shape index (κ2) is 4.90. The standard InChI is InChI=1S/C17H18ClN/c1-11-9-16(18)12(2)8-15(11)13-5-6-17-14(10-13)4-3-7-19-17/h5-6,8-10,19H,3-4,7H2,1-2H3. The monoisotopic (exact) mass is 271 g/mol. The van der Waals surface area contributed by atoms with Gasteiger partial charge < -0.3 is 5.32 Å². The highest BCUT2D eigenvalue weighted by Gasteiger charge is 2.11. The van der Waals surface area contributed by atoms with Crippen molar-refractivity contribution in [2.24, 2.45) is 0 Å². The highest BCUT2D eigenvalue weighted by Crippen LogP contribution is 2.32. The highest BCUT2D eigenvalue weighted by molar-refractivity contribution is 6.31. The fraction of sp³-hybridized carbons (Fsp3) is 0.294. The van der Waals surface area contributed by atoms with E-state index in [0.717, 1.165) is 17.1 Å². The number of aryl methyl sites for hydroxylation is 3. The summed E-state index contributed by atoms with van der Waals surface area (Å²) < 4.78 is 0. The van der Waals surface area contributed by atoms with Gasteiger partial charge in [-0.2, -0.15) is 0 Å². The Morgan fingerprint density at radius 2 is 1.89 bits per heavy atom. The van der Waals surface area contributed by atoms with Crippen LogP contribution in [0.1, 0.15) is 23.1 Å². The third kappa shape index (κ3) is 2.35. The van der Waals surface area contributed by atoms with E-state index in [2.05, 4.69) is 49.5 Å². The summed E-state index contributed by atoms with van der Waals surface area (Å²) in [6.07, 6.45) is 2.39. The van der Waals surface area contributed by atoms with Crippen molar-refractivity contribution in [2.45, 2.75) is 26.7 Å². The van der Waals surface area contributed by atoms with Crippen molar-refractivity contribution in [1.29, 1.82) is 0 Å². The Balaban J connectivity index is 2.09. The molecular weight excluding hydrogens is 254 g/mol. The van der Waals surface area contributed by atoms with E-state index in [1.54, 1.807) is 0 Å². The molecule has 98 valence electrons. The predicted molar refractivity (Wildman–Crippen MR) is 83.2 cm³/mol. The number of anilines is 1. The molecule has 1 aliphatic rings. The zero-order valence-electron chi connectivity index (χ0n) is 11.4. The summed E-state index contributed by atoms with van der Waals surface area (Å²) >= 11 is 6.18. The molecule has 0 atom stereocenters. The summed E-state index contributed by atoms with van der Waals surface area (Å²) in [5.74, 6) is 0. The van der Waals surface area contributed by atoms with Crippen molar-refractivity contribution in [2.75, 3.05) is 11.9 Å². The maximum absolute atomic E-state index is 6.18. The number of fused-ring (bicyclic) bond motifs is 1. The second-order valence-electron chi connectivity index (χ2n) is 5.32. The van der Waals surface area contributed by atoms with E-state index >= 15 is 0 Å². The molecule has 2 aromatic carbocycles. The van der Waals surface area contributed by atoms with Crippen LogP contribution in [0.2, 0.25) is 5.02 Å². The van der Waals surface area contributed by atoms with Gasteiger partial charge in [0, 0.05) is 17.3 Å². The van der Waals surface area contributed by atoms with E-state index in [0.29, 0.717) is 0 Å². The Hall–Kier alpha value is -1.47. The molecule has 0 aromatic heterocycles. The summed E-state index contributed by atoms with van der Waals surface area (Å²) in [7, 11) is 0. The fourth-order valence-corrected chi connectivity index (χ4v) is 2.95. The maximum Gasteiger partial charge on any atom is 0.0438 e. The molecule has 1 nitrogen and oxygen atoms in total. The minimum Gasteiger partial charge on any atom is -0.385 e. The quantitative estimate of drug-likeness (QED) is 0.771. The van der Waals surface area contributed by atoms with E-state index in [9.17, 15) is 0 Å². The van der Waals surface area contributed by atoms with Crippen molar-refractivity contribution in [3.05, 3.63) is 52.0 Å². The fourth-order valence-electron chi connectivity index (χ4n) is 2.73. The maximum atomic E-state index is 6.18. The molecule has 0 radical (unpaired) electrons. The van der Waals surface area contributed by atoms with Crippen LogP contribution in [0.25, 0.3) is 11.1 Å². The SMILES string of the molecule is Cc1cc(-c2ccc3c(c2)CCCN3)c(C)cc1Cl. The van der Waals surface area contributed by atoms with Gasteiger partial charge in [0.05, 0.1) is 0 Å². The largest absolute Gasteiger partial charge is 0.385 e. The molecule has 0 saturated carbocycles. The van der Waals surface area contributed by atoms with Gasteiger partial charge in [0.1, 0.15) is 0 Å². The lowest BCUT2D eigenvalue weighted by atomic mass is 9.94. The van der Waals surface area contributed by atoms with Crippen molar-refractivity contribution < 1.29 is 0 Å². The molecule has 0 aliphatic carbocycles. The minimum absolute atomic E-state index is 0.848. The summed E-state index contributed by atoms with van der Waals surface area (Å²) in [6, 6.07) is 11.0. The van der Waals surface area contributed by atoms with Crippen molar-refractivity contribution in [3.63, 3.8) is 0 Å². The van der Waals surface area contributed by atoms with Gasteiger partial charge >= 0.3 is 0 Å². The molecule has 0 saturated heterocycles. The van der Waals surface area contributed by atoms with E-state index in [1.165, 1.54) is 40.8 Å². The zero-order chi connectivity index (χ0) is 13.4. The molecular formula is C17H18ClN. The number of benzene rings is 2. The van der Waals surface area contributed by atoms with Crippen LogP contribution in [-0.2, 0) is 6.42 Å². The minimum atomic E-state index is 0.848.